The molecule has 0 saturated carbocycles. The Hall–Kier alpha value is -6.42. The van der Waals surface area contributed by atoms with Crippen molar-refractivity contribution in [3.8, 4) is 16.8 Å². The summed E-state index contributed by atoms with van der Waals surface area (Å²) >= 11 is 1.93. The minimum absolute atomic E-state index is 0.509. The van der Waals surface area contributed by atoms with E-state index >= 15 is 0 Å². The second kappa shape index (κ2) is 10.3. The van der Waals surface area contributed by atoms with Crippen LogP contribution in [-0.2, 0) is 5.41 Å². The molecule has 1 atom stereocenters. The van der Waals surface area contributed by atoms with Gasteiger partial charge in [-0.1, -0.05) is 121 Å². The first-order valence-corrected chi connectivity index (χ1v) is 18.8. The molecule has 2 aliphatic rings. The molecule has 2 nitrogen and oxygen atoms in total. The molecular formula is C49H30N2S. The highest BCUT2D eigenvalue weighted by molar-refractivity contribution is 7.26. The Labute approximate surface area is 305 Å². The number of thiophene rings is 1. The van der Waals surface area contributed by atoms with Crippen molar-refractivity contribution in [2.45, 2.75) is 5.41 Å². The van der Waals surface area contributed by atoms with Crippen molar-refractivity contribution in [1.29, 1.82) is 0 Å². The first-order valence-electron chi connectivity index (χ1n) is 17.9. The van der Waals surface area contributed by atoms with E-state index in [-0.39, 0.29) is 0 Å². The Bertz CT molecular complexity index is 3040. The van der Waals surface area contributed by atoms with Crippen LogP contribution in [0.1, 0.15) is 22.3 Å². The third kappa shape index (κ3) is 3.48. The smallest absolute Gasteiger partial charge is 0.0754 e. The van der Waals surface area contributed by atoms with E-state index in [0.717, 1.165) is 17.1 Å². The summed E-state index contributed by atoms with van der Waals surface area (Å²) in [5.41, 5.74) is 14.7. The van der Waals surface area contributed by atoms with Crippen LogP contribution < -0.4 is 4.90 Å². The molecule has 1 aliphatic heterocycles. The fraction of sp³-hybridized carbons (Fsp3) is 0.0204. The molecule has 0 bridgehead atoms. The lowest BCUT2D eigenvalue weighted by Crippen LogP contribution is -2.33. The first-order chi connectivity index (χ1) is 25.8. The predicted octanol–water partition coefficient (Wildman–Crippen LogP) is 13.3. The Morgan fingerprint density at radius 3 is 1.88 bits per heavy atom. The molecule has 1 aliphatic carbocycles. The number of anilines is 3. The average molecular weight is 679 g/mol. The molecule has 0 N–H and O–H groups in total. The standard InChI is InChI=1S/C49H30N2S/c1-3-15-31(16-4-1)50(32-17-5-2-6-18-32)33-27-28-40-37(29-33)34-19-7-10-22-39(34)49(40)41-23-11-13-25-44(41)51-43-24-12-8-21-36(43)46-47(51)42(49)30-38-35-20-9-14-26-45(35)52-48(38)46/h1-30H. The van der Waals surface area contributed by atoms with Crippen molar-refractivity contribution < 1.29 is 0 Å². The molecule has 12 rings (SSSR count). The first kappa shape index (κ1) is 28.3. The van der Waals surface area contributed by atoms with Crippen LogP contribution in [0, 0.1) is 0 Å². The maximum Gasteiger partial charge on any atom is 0.0754 e. The van der Waals surface area contributed by atoms with Crippen LogP contribution in [0.25, 0.3) is 58.8 Å². The summed E-state index contributed by atoms with van der Waals surface area (Å²) in [5, 5.41) is 5.34. The van der Waals surface area contributed by atoms with Crippen molar-refractivity contribution in [2.24, 2.45) is 0 Å². The highest BCUT2D eigenvalue weighted by Crippen LogP contribution is 2.63. The van der Waals surface area contributed by atoms with E-state index in [1.165, 1.54) is 81.0 Å². The van der Waals surface area contributed by atoms with Gasteiger partial charge in [0.15, 0.2) is 0 Å². The van der Waals surface area contributed by atoms with Crippen molar-refractivity contribution in [2.75, 3.05) is 4.90 Å². The second-order valence-electron chi connectivity index (χ2n) is 14.0. The van der Waals surface area contributed by atoms with Gasteiger partial charge in [-0.05, 0) is 94.0 Å². The Morgan fingerprint density at radius 2 is 1.08 bits per heavy atom. The maximum atomic E-state index is 2.56. The van der Waals surface area contributed by atoms with Gasteiger partial charge in [0.25, 0.3) is 0 Å². The van der Waals surface area contributed by atoms with Gasteiger partial charge < -0.3 is 9.47 Å². The Kier molecular flexibility index (Phi) is 5.62. The Balaban J connectivity index is 1.25. The highest BCUT2D eigenvalue weighted by atomic mass is 32.1. The average Bonchev–Trinajstić information content (AvgIpc) is 3.85. The van der Waals surface area contributed by atoms with Gasteiger partial charge in [-0.15, -0.1) is 11.3 Å². The van der Waals surface area contributed by atoms with Crippen LogP contribution in [0.4, 0.5) is 17.1 Å². The van der Waals surface area contributed by atoms with Crippen LogP contribution in [0.3, 0.4) is 0 Å². The number of hydrogen-bond donors (Lipinski definition) is 0. The normalized spacial score (nSPS) is 15.4. The van der Waals surface area contributed by atoms with Gasteiger partial charge in [-0.25, -0.2) is 0 Å². The molecule has 2 aromatic heterocycles. The quantitative estimate of drug-likeness (QED) is 0.181. The highest BCUT2D eigenvalue weighted by Gasteiger charge is 2.51. The van der Waals surface area contributed by atoms with Gasteiger partial charge in [-0.3, -0.25) is 0 Å². The summed E-state index contributed by atoms with van der Waals surface area (Å²) in [5.74, 6) is 0. The third-order valence-electron chi connectivity index (χ3n) is 11.5. The number of nitrogens with zero attached hydrogens (tertiary/aromatic N) is 2. The number of benzene rings is 8. The number of rotatable bonds is 3. The van der Waals surface area contributed by atoms with Gasteiger partial charge in [0, 0.05) is 48.0 Å². The molecular weight excluding hydrogens is 649 g/mol. The molecule has 3 heterocycles. The lowest BCUT2D eigenvalue weighted by molar-refractivity contribution is 0.750. The van der Waals surface area contributed by atoms with E-state index in [1.54, 1.807) is 0 Å². The summed E-state index contributed by atoms with van der Waals surface area (Å²) in [4.78, 5) is 2.38. The molecule has 0 fully saturated rings. The molecule has 8 aromatic carbocycles. The lowest BCUT2D eigenvalue weighted by atomic mass is 9.65. The van der Waals surface area contributed by atoms with E-state index in [2.05, 4.69) is 191 Å². The number of para-hydroxylation sites is 4. The summed E-state index contributed by atoms with van der Waals surface area (Å²) in [7, 11) is 0. The third-order valence-corrected chi connectivity index (χ3v) is 12.8. The molecule has 3 heteroatoms. The van der Waals surface area contributed by atoms with E-state index in [0.29, 0.717) is 0 Å². The van der Waals surface area contributed by atoms with Crippen LogP contribution >= 0.6 is 11.3 Å². The van der Waals surface area contributed by atoms with E-state index in [1.807, 2.05) is 11.3 Å². The molecule has 10 aromatic rings. The molecule has 0 amide bonds. The van der Waals surface area contributed by atoms with Crippen LogP contribution in [-0.4, -0.2) is 4.57 Å². The zero-order valence-electron chi connectivity index (χ0n) is 28.1. The summed E-state index contributed by atoms with van der Waals surface area (Å²) in [6.07, 6.45) is 0. The predicted molar refractivity (Wildman–Crippen MR) is 219 cm³/mol. The molecule has 242 valence electrons. The number of fused-ring (bicyclic) bond motifs is 16. The van der Waals surface area contributed by atoms with Crippen molar-refractivity contribution in [1.82, 2.24) is 4.57 Å². The zero-order valence-corrected chi connectivity index (χ0v) is 28.9. The Morgan fingerprint density at radius 1 is 0.442 bits per heavy atom. The fourth-order valence-corrected chi connectivity index (χ4v) is 10.8. The topological polar surface area (TPSA) is 8.17 Å². The molecule has 52 heavy (non-hydrogen) atoms. The maximum absolute atomic E-state index is 2.56. The van der Waals surface area contributed by atoms with Crippen LogP contribution in [0.15, 0.2) is 182 Å². The fourth-order valence-electron chi connectivity index (χ4n) is 9.59. The van der Waals surface area contributed by atoms with E-state index in [4.69, 9.17) is 0 Å². The molecule has 0 radical (unpaired) electrons. The van der Waals surface area contributed by atoms with Gasteiger partial charge >= 0.3 is 0 Å². The molecule has 0 saturated heterocycles. The molecule has 1 unspecified atom stereocenters. The number of aromatic nitrogens is 1. The summed E-state index contributed by atoms with van der Waals surface area (Å²) in [6.45, 7) is 0. The lowest BCUT2D eigenvalue weighted by Gasteiger charge is -2.39. The van der Waals surface area contributed by atoms with E-state index in [9.17, 15) is 0 Å². The monoisotopic (exact) mass is 678 g/mol. The molecule has 1 spiro atoms. The number of hydrogen-bond acceptors (Lipinski definition) is 2. The second-order valence-corrected chi connectivity index (χ2v) is 15.1. The minimum atomic E-state index is -0.509. The SMILES string of the molecule is c1ccc(N(c2ccccc2)c2ccc3c(c2)-c2ccccc2C32c3ccccc3-n3c4ccccc4c4c5sc6ccccc6c5cc2c43)cc1. The summed E-state index contributed by atoms with van der Waals surface area (Å²) < 4.78 is 5.26. The van der Waals surface area contributed by atoms with Gasteiger partial charge in [-0.2, -0.15) is 0 Å². The largest absolute Gasteiger partial charge is 0.310 e. The van der Waals surface area contributed by atoms with Gasteiger partial charge in [0.2, 0.25) is 0 Å². The minimum Gasteiger partial charge on any atom is -0.310 e. The van der Waals surface area contributed by atoms with Crippen LogP contribution in [0.2, 0.25) is 0 Å². The van der Waals surface area contributed by atoms with Crippen LogP contribution in [0.5, 0.6) is 0 Å². The van der Waals surface area contributed by atoms with E-state index < -0.39 is 5.41 Å². The summed E-state index contributed by atoms with van der Waals surface area (Å²) in [6, 6.07) is 67.5. The van der Waals surface area contributed by atoms with Crippen molar-refractivity contribution in [3.05, 3.63) is 204 Å². The van der Waals surface area contributed by atoms with Gasteiger partial charge in [0.1, 0.15) is 0 Å². The van der Waals surface area contributed by atoms with Crippen molar-refractivity contribution >= 4 is 70.4 Å². The van der Waals surface area contributed by atoms with Gasteiger partial charge in [0.05, 0.1) is 22.1 Å². The zero-order chi connectivity index (χ0) is 34.0. The van der Waals surface area contributed by atoms with Crippen molar-refractivity contribution in [3.63, 3.8) is 0 Å².